The second-order valence-electron chi connectivity index (χ2n) is 6.93. The molecule has 148 valence electrons. The third kappa shape index (κ3) is 3.47. The Morgan fingerprint density at radius 2 is 2.03 bits per heavy atom. The quantitative estimate of drug-likeness (QED) is 0.409. The van der Waals surface area contributed by atoms with Gasteiger partial charge >= 0.3 is 0 Å². The average molecular weight is 407 g/mol. The summed E-state index contributed by atoms with van der Waals surface area (Å²) >= 11 is 1.33. The SMILES string of the molecule is C=NN(/C(C)=C(\C)C(=O)N1CCc2ccccc2C1)c1nc2ccsc2c(=O)[nH]1. The molecule has 0 spiro atoms. The first kappa shape index (κ1) is 19.1. The van der Waals surface area contributed by atoms with Gasteiger partial charge in [0.25, 0.3) is 11.5 Å². The van der Waals surface area contributed by atoms with Gasteiger partial charge in [-0.1, -0.05) is 24.3 Å². The zero-order valence-corrected chi connectivity index (χ0v) is 17.1. The van der Waals surface area contributed by atoms with E-state index in [0.717, 1.165) is 6.42 Å². The summed E-state index contributed by atoms with van der Waals surface area (Å²) in [6.45, 7) is 8.38. The van der Waals surface area contributed by atoms with Gasteiger partial charge in [-0.15, -0.1) is 11.3 Å². The fourth-order valence-electron chi connectivity index (χ4n) is 3.51. The smallest absolute Gasteiger partial charge is 0.270 e. The number of carbonyl (C=O) groups excluding carboxylic acids is 1. The number of rotatable bonds is 4. The lowest BCUT2D eigenvalue weighted by Gasteiger charge is -2.30. The second kappa shape index (κ2) is 7.63. The molecule has 4 rings (SSSR count). The molecule has 0 fully saturated rings. The molecule has 1 aromatic carbocycles. The standard InChI is InChI=1S/C21H21N5O2S/c1-13(20(28)25-10-8-15-6-4-5-7-16(15)12-25)14(2)26(22-3)21-23-17-9-11-29-18(17)19(27)24-21/h4-7,9,11H,3,8,10,12H2,1-2H3,(H,23,24,27)/b14-13+. The van der Waals surface area contributed by atoms with Crippen LogP contribution in [0.3, 0.4) is 0 Å². The number of thiophene rings is 1. The van der Waals surface area contributed by atoms with Crippen molar-refractivity contribution >= 4 is 40.1 Å². The van der Waals surface area contributed by atoms with Gasteiger partial charge in [-0.2, -0.15) is 5.10 Å². The first-order valence-electron chi connectivity index (χ1n) is 9.27. The van der Waals surface area contributed by atoms with E-state index in [1.54, 1.807) is 19.9 Å². The Kier molecular flexibility index (Phi) is 5.02. The second-order valence-corrected chi connectivity index (χ2v) is 7.85. The van der Waals surface area contributed by atoms with Crippen molar-refractivity contribution < 1.29 is 4.79 Å². The molecule has 0 aliphatic carbocycles. The number of nitrogens with zero attached hydrogens (tertiary/aromatic N) is 4. The van der Waals surface area contributed by atoms with E-state index in [0.29, 0.717) is 34.6 Å². The predicted octanol–water partition coefficient (Wildman–Crippen LogP) is 3.29. The van der Waals surface area contributed by atoms with Gasteiger partial charge in [0.1, 0.15) is 4.70 Å². The number of benzene rings is 1. The minimum absolute atomic E-state index is 0.0652. The number of hydrogen-bond donors (Lipinski definition) is 1. The van der Waals surface area contributed by atoms with Gasteiger partial charge in [0.15, 0.2) is 0 Å². The van der Waals surface area contributed by atoms with E-state index >= 15 is 0 Å². The van der Waals surface area contributed by atoms with Crippen LogP contribution in [-0.4, -0.2) is 34.0 Å². The summed E-state index contributed by atoms with van der Waals surface area (Å²) in [6, 6.07) is 9.96. The van der Waals surface area contributed by atoms with E-state index < -0.39 is 0 Å². The third-order valence-corrected chi connectivity index (χ3v) is 6.15. The Balaban J connectivity index is 1.64. The molecule has 0 unspecified atom stereocenters. The molecule has 7 nitrogen and oxygen atoms in total. The largest absolute Gasteiger partial charge is 0.334 e. The maximum atomic E-state index is 13.1. The number of carbonyl (C=O) groups is 1. The minimum atomic E-state index is -0.238. The lowest BCUT2D eigenvalue weighted by molar-refractivity contribution is -0.128. The zero-order valence-electron chi connectivity index (χ0n) is 16.3. The first-order chi connectivity index (χ1) is 14.0. The Morgan fingerprint density at radius 1 is 1.28 bits per heavy atom. The maximum Gasteiger partial charge on any atom is 0.270 e. The predicted molar refractivity (Wildman–Crippen MR) is 116 cm³/mol. The maximum absolute atomic E-state index is 13.1. The van der Waals surface area contributed by atoms with E-state index in [2.05, 4.69) is 33.9 Å². The molecule has 1 aliphatic rings. The number of H-pyrrole nitrogens is 1. The Bertz CT molecular complexity index is 1190. The van der Waals surface area contributed by atoms with Crippen molar-refractivity contribution in [2.75, 3.05) is 11.6 Å². The van der Waals surface area contributed by atoms with Crippen LogP contribution in [0.15, 0.2) is 56.9 Å². The fraction of sp³-hybridized carbons (Fsp3) is 0.238. The molecular weight excluding hydrogens is 386 g/mol. The van der Waals surface area contributed by atoms with Gasteiger partial charge < -0.3 is 4.90 Å². The monoisotopic (exact) mass is 407 g/mol. The van der Waals surface area contributed by atoms with Crippen LogP contribution in [0.2, 0.25) is 0 Å². The summed E-state index contributed by atoms with van der Waals surface area (Å²) in [5.74, 6) is 0.175. The molecule has 3 aromatic rings. The molecule has 0 saturated heterocycles. The molecule has 1 amide bonds. The number of nitrogens with one attached hydrogen (secondary N) is 1. The number of allylic oxidation sites excluding steroid dienone is 1. The molecule has 1 N–H and O–H groups in total. The Hall–Kier alpha value is -3.26. The van der Waals surface area contributed by atoms with E-state index in [9.17, 15) is 9.59 Å². The molecular formula is C21H21N5O2S. The topological polar surface area (TPSA) is 81.7 Å². The molecule has 0 saturated carbocycles. The molecule has 29 heavy (non-hydrogen) atoms. The van der Waals surface area contributed by atoms with Crippen LogP contribution >= 0.6 is 11.3 Å². The minimum Gasteiger partial charge on any atom is -0.334 e. The van der Waals surface area contributed by atoms with Crippen LogP contribution in [0.5, 0.6) is 0 Å². The van der Waals surface area contributed by atoms with E-state index in [1.807, 2.05) is 22.4 Å². The highest BCUT2D eigenvalue weighted by atomic mass is 32.1. The zero-order chi connectivity index (χ0) is 20.5. The van der Waals surface area contributed by atoms with Gasteiger partial charge in [-0.05, 0) is 42.8 Å². The van der Waals surface area contributed by atoms with Crippen molar-refractivity contribution in [2.24, 2.45) is 5.10 Å². The van der Waals surface area contributed by atoms with E-state index in [4.69, 9.17) is 0 Å². The van der Waals surface area contributed by atoms with Gasteiger partial charge in [-0.3, -0.25) is 14.6 Å². The molecule has 8 heteroatoms. The van der Waals surface area contributed by atoms with Crippen molar-refractivity contribution in [1.29, 1.82) is 0 Å². The lowest BCUT2D eigenvalue weighted by atomic mass is 9.99. The number of amides is 1. The van der Waals surface area contributed by atoms with E-state index in [-0.39, 0.29) is 17.4 Å². The number of anilines is 1. The van der Waals surface area contributed by atoms with Crippen molar-refractivity contribution in [3.8, 4) is 0 Å². The average Bonchev–Trinajstić information content (AvgIpc) is 3.22. The lowest BCUT2D eigenvalue weighted by Crippen LogP contribution is -2.37. The van der Waals surface area contributed by atoms with E-state index in [1.165, 1.54) is 27.5 Å². The summed E-state index contributed by atoms with van der Waals surface area (Å²) in [4.78, 5) is 34.5. The number of hydrogen-bond acceptors (Lipinski definition) is 6. The molecule has 0 bridgehead atoms. The Labute approximate surface area is 172 Å². The summed E-state index contributed by atoms with van der Waals surface area (Å²) in [5, 5.41) is 7.22. The molecule has 0 atom stereocenters. The van der Waals surface area contributed by atoms with Crippen molar-refractivity contribution in [3.63, 3.8) is 0 Å². The third-order valence-electron chi connectivity index (χ3n) is 5.24. The highest BCUT2D eigenvalue weighted by molar-refractivity contribution is 7.17. The van der Waals surface area contributed by atoms with Gasteiger partial charge in [-0.25, -0.2) is 9.99 Å². The first-order valence-corrected chi connectivity index (χ1v) is 10.2. The fourth-order valence-corrected chi connectivity index (χ4v) is 4.24. The molecule has 1 aliphatic heterocycles. The van der Waals surface area contributed by atoms with Crippen LogP contribution < -0.4 is 10.6 Å². The van der Waals surface area contributed by atoms with Crippen molar-refractivity contribution in [3.05, 3.63) is 68.5 Å². The molecule has 3 heterocycles. The highest BCUT2D eigenvalue weighted by Crippen LogP contribution is 2.24. The van der Waals surface area contributed by atoms with Gasteiger partial charge in [0.2, 0.25) is 5.95 Å². The van der Waals surface area contributed by atoms with Crippen LogP contribution in [0.25, 0.3) is 10.2 Å². The highest BCUT2D eigenvalue weighted by Gasteiger charge is 2.24. The van der Waals surface area contributed by atoms with Crippen LogP contribution in [0, 0.1) is 0 Å². The van der Waals surface area contributed by atoms with Crippen molar-refractivity contribution in [2.45, 2.75) is 26.8 Å². The molecule has 0 radical (unpaired) electrons. The number of aromatic amines is 1. The van der Waals surface area contributed by atoms with Crippen LogP contribution in [0.1, 0.15) is 25.0 Å². The summed E-state index contributed by atoms with van der Waals surface area (Å²) < 4.78 is 0.555. The van der Waals surface area contributed by atoms with Crippen LogP contribution in [0.4, 0.5) is 5.95 Å². The number of aromatic nitrogens is 2. The van der Waals surface area contributed by atoms with Gasteiger partial charge in [0, 0.05) is 25.4 Å². The summed E-state index contributed by atoms with van der Waals surface area (Å²) in [7, 11) is 0. The molecule has 2 aromatic heterocycles. The van der Waals surface area contributed by atoms with Crippen molar-refractivity contribution in [1.82, 2.24) is 14.9 Å². The number of fused-ring (bicyclic) bond motifs is 2. The normalized spacial score (nSPS) is 14.3. The summed E-state index contributed by atoms with van der Waals surface area (Å²) in [6.07, 6.45) is 0.835. The summed E-state index contributed by atoms with van der Waals surface area (Å²) in [5.41, 5.74) is 3.91. The van der Waals surface area contributed by atoms with Gasteiger partial charge in [0.05, 0.1) is 11.2 Å². The number of hydrazone groups is 1. The van der Waals surface area contributed by atoms with Crippen LogP contribution in [-0.2, 0) is 17.8 Å². The Morgan fingerprint density at radius 3 is 2.79 bits per heavy atom.